The Kier molecular flexibility index (Phi) is 3.84. The summed E-state index contributed by atoms with van der Waals surface area (Å²) in [5.74, 6) is 0.304. The number of benzene rings is 1. The average Bonchev–Trinajstić information content (AvgIpc) is 3.17. The van der Waals surface area contributed by atoms with E-state index in [2.05, 4.69) is 4.98 Å². The van der Waals surface area contributed by atoms with Crippen LogP contribution in [0.4, 0.5) is 0 Å². The van der Waals surface area contributed by atoms with E-state index in [1.807, 2.05) is 35.8 Å². The molecule has 2 N–H and O–H groups in total. The van der Waals surface area contributed by atoms with E-state index in [0.717, 1.165) is 15.9 Å². The fraction of sp³-hybridized carbons (Fsp3) is 0.222. The Labute approximate surface area is 158 Å². The zero-order chi connectivity index (χ0) is 20.2. The summed E-state index contributed by atoms with van der Waals surface area (Å²) >= 11 is 0. The number of carbonyl (C=O) groups excluding carboxylic acids is 1. The molecule has 0 spiro atoms. The second-order valence-electron chi connectivity index (χ2n) is 6.43. The van der Waals surface area contributed by atoms with Crippen LogP contribution in [0, 0.1) is 6.92 Å². The highest BCUT2D eigenvalue weighted by atomic mass is 16.5. The second kappa shape index (κ2) is 6.12. The first-order chi connectivity index (χ1) is 13.3. The molecule has 0 bridgehead atoms. The van der Waals surface area contributed by atoms with E-state index in [4.69, 9.17) is 10.5 Å². The van der Waals surface area contributed by atoms with Crippen LogP contribution in [0.3, 0.4) is 0 Å². The number of aromatic nitrogens is 5. The molecule has 0 radical (unpaired) electrons. The number of ether oxygens (including phenoxy) is 1. The predicted molar refractivity (Wildman–Crippen MR) is 102 cm³/mol. The zero-order valence-corrected chi connectivity index (χ0v) is 15.5. The standard InChI is InChI=1S/C18H18N6O4/c1-10-8-22-14-15(21(2)18(27)23(16(14)26)9-13(19)25)20-17(22)24(10)11-6-4-5-7-12(11)28-3/h4-8H,9H2,1-3H3,(H2,19,25). The number of imidazole rings is 2. The SMILES string of the molecule is COc1ccccc1-n1c(C)cn2c3c(=O)n(CC(N)=O)c(=O)n(C)c3nc12. The lowest BCUT2D eigenvalue weighted by atomic mass is 10.3. The molecule has 1 aromatic carbocycles. The topological polar surface area (TPSA) is 119 Å². The largest absolute Gasteiger partial charge is 0.495 e. The average molecular weight is 382 g/mol. The molecule has 0 saturated heterocycles. The second-order valence-corrected chi connectivity index (χ2v) is 6.43. The van der Waals surface area contributed by atoms with Gasteiger partial charge < -0.3 is 10.5 Å². The fourth-order valence-electron chi connectivity index (χ4n) is 3.42. The minimum atomic E-state index is -0.776. The van der Waals surface area contributed by atoms with Crippen molar-refractivity contribution in [2.75, 3.05) is 7.11 Å². The van der Waals surface area contributed by atoms with Crippen LogP contribution >= 0.6 is 0 Å². The van der Waals surface area contributed by atoms with Gasteiger partial charge in [-0.05, 0) is 19.1 Å². The number of carbonyl (C=O) groups is 1. The fourth-order valence-corrected chi connectivity index (χ4v) is 3.42. The first-order valence-electron chi connectivity index (χ1n) is 8.46. The van der Waals surface area contributed by atoms with Gasteiger partial charge in [0.25, 0.3) is 5.56 Å². The molecule has 0 saturated carbocycles. The Morgan fingerprint density at radius 2 is 1.96 bits per heavy atom. The number of amides is 1. The van der Waals surface area contributed by atoms with Crippen LogP contribution in [-0.2, 0) is 18.4 Å². The Morgan fingerprint density at radius 1 is 1.25 bits per heavy atom. The van der Waals surface area contributed by atoms with Crippen LogP contribution in [0.5, 0.6) is 5.75 Å². The van der Waals surface area contributed by atoms with Gasteiger partial charge in [0.15, 0.2) is 11.2 Å². The van der Waals surface area contributed by atoms with Gasteiger partial charge in [-0.25, -0.2) is 9.36 Å². The Balaban J connectivity index is 2.14. The number of para-hydroxylation sites is 2. The lowest BCUT2D eigenvalue weighted by Gasteiger charge is -2.10. The molecule has 0 unspecified atom stereocenters. The van der Waals surface area contributed by atoms with Gasteiger partial charge >= 0.3 is 5.69 Å². The zero-order valence-electron chi connectivity index (χ0n) is 15.5. The summed E-state index contributed by atoms with van der Waals surface area (Å²) in [6, 6.07) is 7.41. The molecule has 3 heterocycles. The molecule has 0 aliphatic rings. The molecule has 10 nitrogen and oxygen atoms in total. The van der Waals surface area contributed by atoms with E-state index in [9.17, 15) is 14.4 Å². The van der Waals surface area contributed by atoms with Crippen LogP contribution in [0.15, 0.2) is 40.1 Å². The van der Waals surface area contributed by atoms with Crippen LogP contribution in [0.25, 0.3) is 22.6 Å². The van der Waals surface area contributed by atoms with Crippen LogP contribution in [0.1, 0.15) is 5.69 Å². The number of rotatable bonds is 4. The van der Waals surface area contributed by atoms with Crippen LogP contribution in [0.2, 0.25) is 0 Å². The summed E-state index contributed by atoms with van der Waals surface area (Å²) < 4.78 is 10.9. The van der Waals surface area contributed by atoms with E-state index < -0.39 is 23.7 Å². The number of aryl methyl sites for hydroxylation is 2. The van der Waals surface area contributed by atoms with Gasteiger partial charge in [-0.1, -0.05) is 12.1 Å². The normalized spacial score (nSPS) is 11.4. The molecule has 28 heavy (non-hydrogen) atoms. The van der Waals surface area contributed by atoms with Crippen LogP contribution in [-0.4, -0.2) is 36.1 Å². The smallest absolute Gasteiger partial charge is 0.332 e. The number of nitrogens with two attached hydrogens (primary N) is 1. The Bertz CT molecular complexity index is 1370. The summed E-state index contributed by atoms with van der Waals surface area (Å²) in [5, 5.41) is 0. The maximum Gasteiger partial charge on any atom is 0.332 e. The molecule has 3 aromatic heterocycles. The van der Waals surface area contributed by atoms with E-state index in [1.54, 1.807) is 17.7 Å². The molecule has 4 aromatic rings. The third-order valence-electron chi connectivity index (χ3n) is 4.67. The highest BCUT2D eigenvalue weighted by Gasteiger charge is 2.22. The van der Waals surface area contributed by atoms with Crippen LogP contribution < -0.4 is 21.7 Å². The number of methoxy groups -OCH3 is 1. The Hall–Kier alpha value is -3.82. The first-order valence-corrected chi connectivity index (χ1v) is 8.46. The quantitative estimate of drug-likeness (QED) is 0.530. The highest BCUT2D eigenvalue weighted by molar-refractivity contribution is 5.78. The third-order valence-corrected chi connectivity index (χ3v) is 4.67. The number of nitrogens with zero attached hydrogens (tertiary/aromatic N) is 5. The maximum absolute atomic E-state index is 12.9. The molecule has 144 valence electrons. The van der Waals surface area contributed by atoms with Gasteiger partial charge in [0, 0.05) is 18.9 Å². The van der Waals surface area contributed by atoms with Crippen molar-refractivity contribution >= 4 is 22.8 Å². The number of fused-ring (bicyclic) bond motifs is 3. The predicted octanol–water partition coefficient (Wildman–Crippen LogP) is -0.0591. The summed E-state index contributed by atoms with van der Waals surface area (Å²) in [5.41, 5.74) is 5.88. The third kappa shape index (κ3) is 2.34. The van der Waals surface area contributed by atoms with Crippen molar-refractivity contribution in [1.29, 1.82) is 0 Å². The monoisotopic (exact) mass is 382 g/mol. The van der Waals surface area contributed by atoms with E-state index >= 15 is 0 Å². The summed E-state index contributed by atoms with van der Waals surface area (Å²) in [7, 11) is 3.07. The first kappa shape index (κ1) is 17.6. The summed E-state index contributed by atoms with van der Waals surface area (Å²) in [6.45, 7) is 1.37. The van der Waals surface area contributed by atoms with E-state index in [-0.39, 0.29) is 11.2 Å². The highest BCUT2D eigenvalue weighted by Crippen LogP contribution is 2.27. The summed E-state index contributed by atoms with van der Waals surface area (Å²) in [4.78, 5) is 41.3. The van der Waals surface area contributed by atoms with Gasteiger partial charge in [0.1, 0.15) is 12.3 Å². The van der Waals surface area contributed by atoms with Crippen molar-refractivity contribution in [1.82, 2.24) is 23.1 Å². The van der Waals surface area contributed by atoms with Gasteiger partial charge in [-0.2, -0.15) is 4.98 Å². The molecular formula is C18H18N6O4. The molecule has 0 aliphatic carbocycles. The maximum atomic E-state index is 12.9. The molecule has 1 amide bonds. The van der Waals surface area contributed by atoms with Crippen molar-refractivity contribution < 1.29 is 9.53 Å². The molecule has 0 atom stereocenters. The minimum absolute atomic E-state index is 0.190. The van der Waals surface area contributed by atoms with Gasteiger partial charge in [-0.3, -0.25) is 23.1 Å². The lowest BCUT2D eigenvalue weighted by molar-refractivity contribution is -0.118. The van der Waals surface area contributed by atoms with E-state index in [1.165, 1.54) is 11.6 Å². The number of hydrogen-bond acceptors (Lipinski definition) is 5. The molecule has 0 fully saturated rings. The van der Waals surface area contributed by atoms with Crippen molar-refractivity contribution in [2.24, 2.45) is 12.8 Å². The van der Waals surface area contributed by atoms with Crippen molar-refractivity contribution in [2.45, 2.75) is 13.5 Å². The molecule has 10 heteroatoms. The molecule has 0 aliphatic heterocycles. The van der Waals surface area contributed by atoms with Gasteiger partial charge in [-0.15, -0.1) is 0 Å². The Morgan fingerprint density at radius 3 is 2.64 bits per heavy atom. The summed E-state index contributed by atoms with van der Waals surface area (Å²) in [6.07, 6.45) is 1.75. The number of primary amides is 1. The van der Waals surface area contributed by atoms with Crippen molar-refractivity contribution in [3.63, 3.8) is 0 Å². The lowest BCUT2D eigenvalue weighted by Crippen LogP contribution is -2.42. The van der Waals surface area contributed by atoms with E-state index in [0.29, 0.717) is 11.5 Å². The molecular weight excluding hydrogens is 364 g/mol. The van der Waals surface area contributed by atoms with Crippen molar-refractivity contribution in [3.05, 3.63) is 57.0 Å². The van der Waals surface area contributed by atoms with Gasteiger partial charge in [0.05, 0.1) is 12.8 Å². The van der Waals surface area contributed by atoms with Gasteiger partial charge in [0.2, 0.25) is 11.7 Å². The molecule has 4 rings (SSSR count). The van der Waals surface area contributed by atoms with Crippen molar-refractivity contribution in [3.8, 4) is 11.4 Å². The minimum Gasteiger partial charge on any atom is -0.495 e. The number of hydrogen-bond donors (Lipinski definition) is 1.